The minimum atomic E-state index is 0.0672. The van der Waals surface area contributed by atoms with Crippen LogP contribution in [-0.4, -0.2) is 42.5 Å². The largest absolute Gasteiger partial charge is 0.485 e. The van der Waals surface area contributed by atoms with Crippen molar-refractivity contribution < 1.29 is 9.53 Å². The third-order valence-corrected chi connectivity index (χ3v) is 8.41. The number of anilines is 1. The zero-order chi connectivity index (χ0) is 25.5. The number of nitrogens with zero attached hydrogens (tertiary/aromatic N) is 2. The van der Waals surface area contributed by atoms with Crippen molar-refractivity contribution >= 4 is 22.9 Å². The minimum Gasteiger partial charge on any atom is -0.485 e. The van der Waals surface area contributed by atoms with E-state index in [0.717, 1.165) is 56.9 Å². The van der Waals surface area contributed by atoms with Gasteiger partial charge in [-0.05, 0) is 61.9 Å². The van der Waals surface area contributed by atoms with E-state index in [-0.39, 0.29) is 18.1 Å². The van der Waals surface area contributed by atoms with Crippen molar-refractivity contribution in [3.05, 3.63) is 82.6 Å². The highest BCUT2D eigenvalue weighted by Crippen LogP contribution is 2.32. The lowest BCUT2D eigenvalue weighted by atomic mass is 10.0. The van der Waals surface area contributed by atoms with E-state index < -0.39 is 0 Å². The molecule has 1 aliphatic carbocycles. The zero-order valence-corrected chi connectivity index (χ0v) is 22.7. The van der Waals surface area contributed by atoms with E-state index in [1.165, 1.54) is 23.3 Å². The van der Waals surface area contributed by atoms with Crippen molar-refractivity contribution in [1.29, 1.82) is 0 Å². The fraction of sp³-hybridized carbons (Fsp3) is 0.452. The fourth-order valence-electron chi connectivity index (χ4n) is 5.24. The molecule has 196 valence electrons. The van der Waals surface area contributed by atoms with Crippen LogP contribution in [0.4, 0.5) is 5.69 Å². The number of rotatable bonds is 12. The lowest BCUT2D eigenvalue weighted by Crippen LogP contribution is -2.47. The minimum absolute atomic E-state index is 0.0672. The standard InChI is InChI=1S/C31H39N3O2S/c1-2-31(35)34(26-10-4-3-5-11-26)27-17-20-33(21-18-27)23-24-9-6-7-12-28(24)36-29(30-13-8-22-37-30)16-19-32-25-14-15-25/h3-13,22,25,27,29,32H,2,14-21,23H2,1H3. The molecule has 5 nitrogen and oxygen atoms in total. The highest BCUT2D eigenvalue weighted by Gasteiger charge is 2.29. The van der Waals surface area contributed by atoms with E-state index >= 15 is 0 Å². The van der Waals surface area contributed by atoms with Gasteiger partial charge in [0.15, 0.2) is 0 Å². The molecule has 1 N–H and O–H groups in total. The van der Waals surface area contributed by atoms with Crippen LogP contribution in [0.5, 0.6) is 5.75 Å². The average molecular weight is 518 g/mol. The van der Waals surface area contributed by atoms with Gasteiger partial charge in [0.2, 0.25) is 5.91 Å². The number of nitrogens with one attached hydrogen (secondary N) is 1. The molecule has 1 aliphatic heterocycles. The molecule has 2 heterocycles. The summed E-state index contributed by atoms with van der Waals surface area (Å²) in [4.78, 5) is 18.7. The Labute approximate surface area is 225 Å². The molecule has 37 heavy (non-hydrogen) atoms. The second-order valence-electron chi connectivity index (χ2n) is 10.2. The summed E-state index contributed by atoms with van der Waals surface area (Å²) in [6.45, 7) is 5.75. The number of ether oxygens (including phenoxy) is 1. The van der Waals surface area contributed by atoms with Gasteiger partial charge in [0.1, 0.15) is 11.9 Å². The van der Waals surface area contributed by atoms with Crippen LogP contribution in [-0.2, 0) is 11.3 Å². The Hall–Kier alpha value is -2.67. The molecule has 1 aromatic heterocycles. The summed E-state index contributed by atoms with van der Waals surface area (Å²) in [5.74, 6) is 1.20. The highest BCUT2D eigenvalue weighted by molar-refractivity contribution is 7.10. The molecule has 0 radical (unpaired) electrons. The Balaban J connectivity index is 1.22. The Morgan fingerprint density at radius 1 is 1.03 bits per heavy atom. The fourth-order valence-corrected chi connectivity index (χ4v) is 6.03. The van der Waals surface area contributed by atoms with Crippen molar-refractivity contribution in [3.8, 4) is 5.75 Å². The highest BCUT2D eigenvalue weighted by atomic mass is 32.1. The first kappa shape index (κ1) is 26.0. The van der Waals surface area contributed by atoms with E-state index in [4.69, 9.17) is 4.74 Å². The maximum atomic E-state index is 12.8. The van der Waals surface area contributed by atoms with Gasteiger partial charge in [-0.25, -0.2) is 0 Å². The Morgan fingerprint density at radius 3 is 2.49 bits per heavy atom. The Kier molecular flexibility index (Phi) is 8.93. The van der Waals surface area contributed by atoms with Gasteiger partial charge < -0.3 is 15.0 Å². The van der Waals surface area contributed by atoms with Gasteiger partial charge in [-0.1, -0.05) is 49.4 Å². The lowest BCUT2D eigenvalue weighted by Gasteiger charge is -2.38. The smallest absolute Gasteiger partial charge is 0.226 e. The van der Waals surface area contributed by atoms with E-state index in [0.29, 0.717) is 12.5 Å². The summed E-state index contributed by atoms with van der Waals surface area (Å²) in [5, 5.41) is 5.78. The van der Waals surface area contributed by atoms with Gasteiger partial charge in [-0.2, -0.15) is 0 Å². The van der Waals surface area contributed by atoms with E-state index in [1.54, 1.807) is 11.3 Å². The van der Waals surface area contributed by atoms with Crippen LogP contribution in [0.25, 0.3) is 0 Å². The number of carbonyl (C=O) groups is 1. The molecular formula is C31H39N3O2S. The average Bonchev–Trinajstić information content (AvgIpc) is 3.60. The van der Waals surface area contributed by atoms with Crippen LogP contribution >= 0.6 is 11.3 Å². The molecular weight excluding hydrogens is 478 g/mol. The number of likely N-dealkylation sites (tertiary alicyclic amines) is 1. The van der Waals surface area contributed by atoms with Crippen molar-refractivity contribution in [2.75, 3.05) is 24.5 Å². The molecule has 0 bridgehead atoms. The van der Waals surface area contributed by atoms with Crippen molar-refractivity contribution in [1.82, 2.24) is 10.2 Å². The monoisotopic (exact) mass is 517 g/mol. The van der Waals surface area contributed by atoms with Crippen LogP contribution in [0.2, 0.25) is 0 Å². The molecule has 2 fully saturated rings. The predicted octanol–water partition coefficient (Wildman–Crippen LogP) is 6.42. The maximum Gasteiger partial charge on any atom is 0.226 e. The van der Waals surface area contributed by atoms with Gasteiger partial charge in [0, 0.05) is 60.7 Å². The summed E-state index contributed by atoms with van der Waals surface area (Å²) >= 11 is 1.78. The van der Waals surface area contributed by atoms with Crippen molar-refractivity contribution in [3.63, 3.8) is 0 Å². The number of piperidine rings is 1. The quantitative estimate of drug-likeness (QED) is 0.301. The van der Waals surface area contributed by atoms with Gasteiger partial charge >= 0.3 is 0 Å². The first-order chi connectivity index (χ1) is 18.2. The predicted molar refractivity (Wildman–Crippen MR) is 152 cm³/mol. The van der Waals surface area contributed by atoms with Crippen LogP contribution in [0.1, 0.15) is 62.0 Å². The second kappa shape index (κ2) is 12.7. The molecule has 0 spiro atoms. The van der Waals surface area contributed by atoms with Crippen molar-refractivity contribution in [2.24, 2.45) is 0 Å². The molecule has 1 unspecified atom stereocenters. The number of para-hydroxylation sites is 2. The topological polar surface area (TPSA) is 44.8 Å². The number of amides is 1. The molecule has 1 amide bonds. The molecule has 3 aromatic rings. The Bertz CT molecular complexity index is 1110. The van der Waals surface area contributed by atoms with Gasteiger partial charge in [0.05, 0.1) is 0 Å². The molecule has 2 aromatic carbocycles. The first-order valence-corrected chi connectivity index (χ1v) is 14.7. The van der Waals surface area contributed by atoms with Crippen LogP contribution in [0.3, 0.4) is 0 Å². The zero-order valence-electron chi connectivity index (χ0n) is 21.9. The summed E-state index contributed by atoms with van der Waals surface area (Å²) < 4.78 is 6.69. The van der Waals surface area contributed by atoms with Crippen molar-refractivity contribution in [2.45, 2.75) is 70.2 Å². The number of benzene rings is 2. The van der Waals surface area contributed by atoms with E-state index in [2.05, 4.69) is 64.1 Å². The first-order valence-electron chi connectivity index (χ1n) is 13.8. The van der Waals surface area contributed by atoms with Gasteiger partial charge in [-0.3, -0.25) is 9.69 Å². The van der Waals surface area contributed by atoms with E-state index in [1.807, 2.05) is 30.0 Å². The van der Waals surface area contributed by atoms with Crippen LogP contribution < -0.4 is 15.0 Å². The Morgan fingerprint density at radius 2 is 1.78 bits per heavy atom. The number of thiophene rings is 1. The summed E-state index contributed by atoms with van der Waals surface area (Å²) in [6, 6.07) is 23.9. The van der Waals surface area contributed by atoms with E-state index in [9.17, 15) is 4.79 Å². The second-order valence-corrected chi connectivity index (χ2v) is 11.2. The molecule has 6 heteroatoms. The summed E-state index contributed by atoms with van der Waals surface area (Å²) in [5.41, 5.74) is 2.25. The molecule has 5 rings (SSSR count). The van der Waals surface area contributed by atoms with Gasteiger partial charge in [0.25, 0.3) is 0 Å². The number of hydrogen-bond donors (Lipinski definition) is 1. The maximum absolute atomic E-state index is 12.8. The summed E-state index contributed by atoms with van der Waals surface area (Å²) in [7, 11) is 0. The van der Waals surface area contributed by atoms with Gasteiger partial charge in [-0.15, -0.1) is 11.3 Å². The number of hydrogen-bond acceptors (Lipinski definition) is 5. The molecule has 1 atom stereocenters. The SMILES string of the molecule is CCC(=O)N(c1ccccc1)C1CCN(Cc2ccccc2OC(CCNC2CC2)c2cccs2)CC1. The third-order valence-electron chi connectivity index (χ3n) is 7.44. The van der Waals surface area contributed by atoms with Crippen LogP contribution in [0.15, 0.2) is 72.1 Å². The number of carbonyl (C=O) groups excluding carboxylic acids is 1. The van der Waals surface area contributed by atoms with Crippen LogP contribution in [0, 0.1) is 0 Å². The lowest BCUT2D eigenvalue weighted by molar-refractivity contribution is -0.119. The molecule has 2 aliphatic rings. The third kappa shape index (κ3) is 7.01. The molecule has 1 saturated carbocycles. The molecule has 1 saturated heterocycles. The normalized spacial score (nSPS) is 17.4. The summed E-state index contributed by atoms with van der Waals surface area (Å²) in [6.07, 6.45) is 6.14.